The lowest BCUT2D eigenvalue weighted by Gasteiger charge is -2.26. The number of amidine groups is 1. The van der Waals surface area contributed by atoms with E-state index in [9.17, 15) is 0 Å². The second-order valence-electron chi connectivity index (χ2n) is 5.06. The van der Waals surface area contributed by atoms with E-state index in [4.69, 9.17) is 0 Å². The topological polar surface area (TPSA) is 27.6 Å². The molecule has 0 radical (unpaired) electrons. The van der Waals surface area contributed by atoms with Gasteiger partial charge in [0.25, 0.3) is 0 Å². The molecular weight excluding hydrogens is 218 g/mol. The van der Waals surface area contributed by atoms with E-state index in [2.05, 4.69) is 50.1 Å². The Balaban J connectivity index is 2.49. The molecule has 16 heavy (non-hydrogen) atoms. The smallest absolute Gasteiger partial charge is 0.157 e. The summed E-state index contributed by atoms with van der Waals surface area (Å²) in [5.74, 6) is 1.78. The molecule has 0 aromatic rings. The highest BCUT2D eigenvalue weighted by Crippen LogP contribution is 2.19. The highest BCUT2D eigenvalue weighted by atomic mass is 32.2. The average molecular weight is 243 g/mol. The highest BCUT2D eigenvalue weighted by Gasteiger charge is 2.21. The predicted octanol–water partition coefficient (Wildman–Crippen LogP) is 2.04. The quantitative estimate of drug-likeness (QED) is 0.801. The molecule has 0 saturated heterocycles. The fourth-order valence-corrected chi connectivity index (χ4v) is 2.80. The summed E-state index contributed by atoms with van der Waals surface area (Å²) in [6.45, 7) is 7.79. The molecule has 1 heterocycles. The van der Waals surface area contributed by atoms with Gasteiger partial charge in [-0.25, -0.2) is 0 Å². The van der Waals surface area contributed by atoms with Crippen LogP contribution in [0.5, 0.6) is 0 Å². The van der Waals surface area contributed by atoms with E-state index in [1.807, 2.05) is 11.8 Å². The van der Waals surface area contributed by atoms with Crippen LogP contribution >= 0.6 is 11.8 Å². The number of hydrogen-bond donors (Lipinski definition) is 1. The van der Waals surface area contributed by atoms with Gasteiger partial charge in [0.2, 0.25) is 0 Å². The first-order valence-corrected chi connectivity index (χ1v) is 7.13. The van der Waals surface area contributed by atoms with Crippen LogP contribution in [0.1, 0.15) is 27.2 Å². The van der Waals surface area contributed by atoms with Gasteiger partial charge in [0.1, 0.15) is 0 Å². The Kier molecular flexibility index (Phi) is 5.62. The number of hydrogen-bond acceptors (Lipinski definition) is 4. The van der Waals surface area contributed by atoms with Crippen molar-refractivity contribution in [2.75, 3.05) is 26.4 Å². The van der Waals surface area contributed by atoms with Gasteiger partial charge in [-0.2, -0.15) is 0 Å². The van der Waals surface area contributed by atoms with Gasteiger partial charge in [0.15, 0.2) is 5.17 Å². The largest absolute Gasteiger partial charge is 0.361 e. The lowest BCUT2D eigenvalue weighted by molar-refractivity contribution is 0.314. The zero-order valence-electron chi connectivity index (χ0n) is 11.2. The molecule has 1 aliphatic rings. The second-order valence-corrected chi connectivity index (χ2v) is 6.07. The van der Waals surface area contributed by atoms with E-state index in [0.29, 0.717) is 18.0 Å². The van der Waals surface area contributed by atoms with E-state index in [-0.39, 0.29) is 0 Å². The Morgan fingerprint density at radius 1 is 1.50 bits per heavy atom. The number of aliphatic imine (C=N–C) groups is 1. The molecule has 1 N–H and O–H groups in total. The molecule has 0 saturated carbocycles. The fourth-order valence-electron chi connectivity index (χ4n) is 1.68. The molecule has 0 aromatic carbocycles. The number of nitrogens with one attached hydrogen (secondary N) is 1. The summed E-state index contributed by atoms with van der Waals surface area (Å²) in [6.07, 6.45) is 1.15. The van der Waals surface area contributed by atoms with Crippen LogP contribution in [0.25, 0.3) is 0 Å². The molecule has 3 nitrogen and oxygen atoms in total. The van der Waals surface area contributed by atoms with Crippen molar-refractivity contribution in [2.45, 2.75) is 39.3 Å². The molecule has 1 aliphatic heterocycles. The van der Waals surface area contributed by atoms with Crippen LogP contribution < -0.4 is 5.32 Å². The predicted molar refractivity (Wildman–Crippen MR) is 74.3 cm³/mol. The molecule has 94 valence electrons. The normalized spacial score (nSPS) is 22.7. The van der Waals surface area contributed by atoms with Crippen LogP contribution in [-0.2, 0) is 0 Å². The third-order valence-corrected chi connectivity index (χ3v) is 3.91. The van der Waals surface area contributed by atoms with Crippen molar-refractivity contribution in [3.8, 4) is 0 Å². The molecule has 0 amide bonds. The standard InChI is InChI=1S/C12H25N3S/c1-6-10-8-16-12(13-10)14-11(9(2)3)7-15(4)5/h9-11H,6-8H2,1-5H3,(H,13,14). The zero-order chi connectivity index (χ0) is 12.1. The van der Waals surface area contributed by atoms with Crippen LogP contribution in [0.3, 0.4) is 0 Å². The molecule has 0 aromatic heterocycles. The minimum absolute atomic E-state index is 0.497. The first-order chi connectivity index (χ1) is 7.52. The summed E-state index contributed by atoms with van der Waals surface area (Å²) < 4.78 is 0. The number of thioether (sulfide) groups is 1. The molecular formula is C12H25N3S. The highest BCUT2D eigenvalue weighted by molar-refractivity contribution is 8.14. The van der Waals surface area contributed by atoms with Gasteiger partial charge in [-0.3, -0.25) is 4.99 Å². The van der Waals surface area contributed by atoms with Crippen molar-refractivity contribution in [3.63, 3.8) is 0 Å². The van der Waals surface area contributed by atoms with Crippen LogP contribution in [0.2, 0.25) is 0 Å². The van der Waals surface area contributed by atoms with Gasteiger partial charge in [-0.05, 0) is 26.4 Å². The maximum Gasteiger partial charge on any atom is 0.157 e. The monoisotopic (exact) mass is 243 g/mol. The Hall–Kier alpha value is -0.220. The molecule has 0 fully saturated rings. The second kappa shape index (κ2) is 6.50. The first-order valence-electron chi connectivity index (χ1n) is 6.14. The van der Waals surface area contributed by atoms with E-state index < -0.39 is 0 Å². The Labute approximate surface area is 104 Å². The SMILES string of the molecule is CCC1CSC(NC(CN(C)C)C(C)C)=N1. The summed E-state index contributed by atoms with van der Waals surface area (Å²) >= 11 is 1.87. The first kappa shape index (κ1) is 13.8. The minimum Gasteiger partial charge on any atom is -0.361 e. The fraction of sp³-hybridized carbons (Fsp3) is 0.917. The van der Waals surface area contributed by atoms with Gasteiger partial charge in [-0.1, -0.05) is 32.5 Å². The average Bonchev–Trinajstić information content (AvgIpc) is 2.63. The van der Waals surface area contributed by atoms with Crippen molar-refractivity contribution >= 4 is 16.9 Å². The van der Waals surface area contributed by atoms with Gasteiger partial charge in [0.05, 0.1) is 6.04 Å². The summed E-state index contributed by atoms with van der Waals surface area (Å²) in [7, 11) is 4.24. The third-order valence-electron chi connectivity index (χ3n) is 2.86. The Morgan fingerprint density at radius 2 is 2.19 bits per heavy atom. The molecule has 0 spiro atoms. The van der Waals surface area contributed by atoms with Crippen LogP contribution in [-0.4, -0.2) is 48.5 Å². The van der Waals surface area contributed by atoms with Crippen molar-refractivity contribution in [2.24, 2.45) is 10.9 Å². The van der Waals surface area contributed by atoms with Crippen LogP contribution in [0, 0.1) is 5.92 Å². The van der Waals surface area contributed by atoms with E-state index in [0.717, 1.165) is 23.9 Å². The van der Waals surface area contributed by atoms with Gasteiger partial charge in [0, 0.05) is 18.3 Å². The zero-order valence-corrected chi connectivity index (χ0v) is 12.0. The summed E-state index contributed by atoms with van der Waals surface area (Å²) in [5.41, 5.74) is 0. The molecule has 4 heteroatoms. The molecule has 0 aliphatic carbocycles. The molecule has 1 rings (SSSR count). The molecule has 2 unspecified atom stereocenters. The summed E-state index contributed by atoms with van der Waals surface area (Å²) in [5, 5.41) is 4.73. The van der Waals surface area contributed by atoms with Crippen molar-refractivity contribution in [1.29, 1.82) is 0 Å². The van der Waals surface area contributed by atoms with Crippen molar-refractivity contribution < 1.29 is 0 Å². The lowest BCUT2D eigenvalue weighted by atomic mass is 10.0. The van der Waals surface area contributed by atoms with Gasteiger partial charge >= 0.3 is 0 Å². The van der Waals surface area contributed by atoms with E-state index >= 15 is 0 Å². The number of rotatable bonds is 5. The lowest BCUT2D eigenvalue weighted by Crippen LogP contribution is -2.43. The van der Waals surface area contributed by atoms with Gasteiger partial charge in [-0.15, -0.1) is 0 Å². The van der Waals surface area contributed by atoms with E-state index in [1.165, 1.54) is 0 Å². The molecule has 2 atom stereocenters. The van der Waals surface area contributed by atoms with Crippen LogP contribution in [0.15, 0.2) is 4.99 Å². The maximum atomic E-state index is 4.69. The maximum absolute atomic E-state index is 4.69. The number of nitrogens with zero attached hydrogens (tertiary/aromatic N) is 2. The van der Waals surface area contributed by atoms with Crippen molar-refractivity contribution in [1.82, 2.24) is 10.2 Å². The van der Waals surface area contributed by atoms with E-state index in [1.54, 1.807) is 0 Å². The van der Waals surface area contributed by atoms with Gasteiger partial charge < -0.3 is 10.2 Å². The summed E-state index contributed by atoms with van der Waals surface area (Å²) in [4.78, 5) is 6.92. The summed E-state index contributed by atoms with van der Waals surface area (Å²) in [6, 6.07) is 1.02. The van der Waals surface area contributed by atoms with Crippen molar-refractivity contribution in [3.05, 3.63) is 0 Å². The molecule has 0 bridgehead atoms. The third kappa shape index (κ3) is 4.34. The Bertz CT molecular complexity index is 238. The Morgan fingerprint density at radius 3 is 2.62 bits per heavy atom. The minimum atomic E-state index is 0.497. The number of likely N-dealkylation sites (N-methyl/N-ethyl adjacent to an activating group) is 1. The van der Waals surface area contributed by atoms with Crippen LogP contribution in [0.4, 0.5) is 0 Å².